The zero-order chi connectivity index (χ0) is 10.3. The maximum absolute atomic E-state index is 5.67. The van der Waals surface area contributed by atoms with Crippen LogP contribution in [0.25, 0.3) is 0 Å². The predicted octanol–water partition coefficient (Wildman–Crippen LogP) is 1.21. The highest BCUT2D eigenvalue weighted by Gasteiger charge is 2.10. The molecule has 0 aromatic carbocycles. The van der Waals surface area contributed by atoms with Gasteiger partial charge in [-0.25, -0.2) is 0 Å². The van der Waals surface area contributed by atoms with Gasteiger partial charge in [-0.15, -0.1) is 0 Å². The van der Waals surface area contributed by atoms with Gasteiger partial charge in [-0.05, 0) is 13.8 Å². The first-order chi connectivity index (χ1) is 6.06. The molecule has 4 heteroatoms. The van der Waals surface area contributed by atoms with Crippen LogP contribution >= 0.6 is 12.8 Å². The molecule has 0 saturated heterocycles. The average Bonchev–Trinajstić information content (AvgIpc) is 1.99. The zero-order valence-corrected chi connectivity index (χ0v) is 9.90. The molecule has 0 aromatic heterocycles. The van der Waals surface area contributed by atoms with Crippen molar-refractivity contribution in [2.75, 3.05) is 13.1 Å². The summed E-state index contributed by atoms with van der Waals surface area (Å²) >= 11 is 3.97. The number of nitrogens with one attached hydrogen (secondary N) is 2. The quantitative estimate of drug-likeness (QED) is 0.548. The molecule has 1 atom stereocenters. The lowest BCUT2D eigenvalue weighted by Crippen LogP contribution is -2.39. The lowest BCUT2D eigenvalue weighted by molar-refractivity contribution is 0.0114. The van der Waals surface area contributed by atoms with Crippen LogP contribution in [0, 0.1) is 0 Å². The van der Waals surface area contributed by atoms with Gasteiger partial charge in [0.15, 0.2) is 0 Å². The van der Waals surface area contributed by atoms with Crippen molar-refractivity contribution in [2.45, 2.75) is 45.9 Å². The maximum Gasteiger partial charge on any atom is 0.0836 e. The molecule has 0 spiro atoms. The van der Waals surface area contributed by atoms with E-state index in [2.05, 4.69) is 36.7 Å². The highest BCUT2D eigenvalue weighted by atomic mass is 32.1. The van der Waals surface area contributed by atoms with E-state index in [1.165, 1.54) is 0 Å². The summed E-state index contributed by atoms with van der Waals surface area (Å²) in [6.45, 7) is 9.97. The molecule has 0 aromatic rings. The van der Waals surface area contributed by atoms with Crippen molar-refractivity contribution >= 4 is 12.8 Å². The molecule has 0 heterocycles. The van der Waals surface area contributed by atoms with E-state index in [1.807, 2.05) is 13.8 Å². The molecule has 13 heavy (non-hydrogen) atoms. The summed E-state index contributed by atoms with van der Waals surface area (Å²) in [5.41, 5.74) is 0. The Morgan fingerprint density at radius 2 is 1.77 bits per heavy atom. The second-order valence-corrected chi connectivity index (χ2v) is 4.05. The predicted molar refractivity (Wildman–Crippen MR) is 60.1 cm³/mol. The fraction of sp³-hybridized carbons (Fsp3) is 1.00. The van der Waals surface area contributed by atoms with Gasteiger partial charge in [-0.1, -0.05) is 26.7 Å². The van der Waals surface area contributed by atoms with E-state index in [1.54, 1.807) is 0 Å². The van der Waals surface area contributed by atoms with Gasteiger partial charge in [0, 0.05) is 19.1 Å². The van der Waals surface area contributed by atoms with E-state index >= 15 is 0 Å². The van der Waals surface area contributed by atoms with Crippen molar-refractivity contribution < 1.29 is 4.74 Å². The highest BCUT2D eigenvalue weighted by molar-refractivity contribution is 7.78. The van der Waals surface area contributed by atoms with E-state index in [0.717, 1.165) is 13.1 Å². The Bertz CT molecular complexity index is 120. The Morgan fingerprint density at radius 3 is 2.15 bits per heavy atom. The maximum atomic E-state index is 5.67. The summed E-state index contributed by atoms with van der Waals surface area (Å²) in [6, 6.07) is 0.498. The van der Waals surface area contributed by atoms with Crippen molar-refractivity contribution in [3.63, 3.8) is 0 Å². The summed E-state index contributed by atoms with van der Waals surface area (Å²) in [4.78, 5) is 0. The van der Waals surface area contributed by atoms with Crippen LogP contribution in [-0.2, 0) is 4.74 Å². The van der Waals surface area contributed by atoms with Crippen molar-refractivity contribution in [1.82, 2.24) is 10.0 Å². The number of hydrogen-bond donors (Lipinski definition) is 3. The Hall–Kier alpha value is 0.230. The summed E-state index contributed by atoms with van der Waals surface area (Å²) in [6.07, 6.45) is 0.459. The number of hydrogen-bond acceptors (Lipinski definition) is 4. The normalized spacial score (nSPS) is 14.1. The SMILES string of the molecule is CC(C)NCC(CNS)OC(C)C. The van der Waals surface area contributed by atoms with Gasteiger partial charge in [0.25, 0.3) is 0 Å². The van der Waals surface area contributed by atoms with Gasteiger partial charge in [0.1, 0.15) is 0 Å². The molecular weight excluding hydrogens is 184 g/mol. The van der Waals surface area contributed by atoms with Crippen LogP contribution in [0.15, 0.2) is 0 Å². The van der Waals surface area contributed by atoms with E-state index < -0.39 is 0 Å². The Morgan fingerprint density at radius 1 is 1.15 bits per heavy atom. The zero-order valence-electron chi connectivity index (χ0n) is 9.00. The first kappa shape index (κ1) is 13.2. The van der Waals surface area contributed by atoms with Crippen LogP contribution in [0.1, 0.15) is 27.7 Å². The van der Waals surface area contributed by atoms with Gasteiger partial charge in [-0.2, -0.15) is 0 Å². The first-order valence-electron chi connectivity index (χ1n) is 4.82. The van der Waals surface area contributed by atoms with E-state index in [9.17, 15) is 0 Å². The van der Waals surface area contributed by atoms with Crippen LogP contribution in [0.4, 0.5) is 0 Å². The molecule has 0 saturated carbocycles. The van der Waals surface area contributed by atoms with Gasteiger partial charge in [0.2, 0.25) is 0 Å². The van der Waals surface area contributed by atoms with Crippen LogP contribution < -0.4 is 10.0 Å². The number of thiol groups is 1. The molecular formula is C9H22N2OS. The third kappa shape index (κ3) is 8.56. The Labute approximate surface area is 87.2 Å². The fourth-order valence-corrected chi connectivity index (χ4v) is 1.23. The summed E-state index contributed by atoms with van der Waals surface area (Å²) in [5, 5.41) is 3.34. The third-order valence-corrected chi connectivity index (χ3v) is 1.72. The van der Waals surface area contributed by atoms with Crippen molar-refractivity contribution in [3.05, 3.63) is 0 Å². The second kappa shape index (κ2) is 7.62. The molecule has 2 N–H and O–H groups in total. The van der Waals surface area contributed by atoms with Crippen LogP contribution in [0.5, 0.6) is 0 Å². The number of rotatable bonds is 7. The smallest absolute Gasteiger partial charge is 0.0836 e. The van der Waals surface area contributed by atoms with E-state index in [0.29, 0.717) is 6.04 Å². The monoisotopic (exact) mass is 206 g/mol. The largest absolute Gasteiger partial charge is 0.373 e. The third-order valence-electron chi connectivity index (χ3n) is 1.54. The van der Waals surface area contributed by atoms with Crippen LogP contribution in [0.2, 0.25) is 0 Å². The van der Waals surface area contributed by atoms with Crippen LogP contribution in [-0.4, -0.2) is 31.3 Å². The lowest BCUT2D eigenvalue weighted by atomic mass is 10.3. The first-order valence-corrected chi connectivity index (χ1v) is 5.26. The highest BCUT2D eigenvalue weighted by Crippen LogP contribution is 1.97. The lowest BCUT2D eigenvalue weighted by Gasteiger charge is -2.21. The molecule has 1 unspecified atom stereocenters. The molecule has 0 radical (unpaired) electrons. The van der Waals surface area contributed by atoms with Crippen molar-refractivity contribution in [3.8, 4) is 0 Å². The minimum Gasteiger partial charge on any atom is -0.373 e. The number of ether oxygens (including phenoxy) is 1. The van der Waals surface area contributed by atoms with Crippen molar-refractivity contribution in [1.29, 1.82) is 0 Å². The van der Waals surface area contributed by atoms with Gasteiger partial charge >= 0.3 is 0 Å². The second-order valence-electron chi connectivity index (χ2n) is 3.73. The minimum atomic E-state index is 0.194. The molecule has 0 fully saturated rings. The summed E-state index contributed by atoms with van der Waals surface area (Å²) in [7, 11) is 0. The topological polar surface area (TPSA) is 33.3 Å². The van der Waals surface area contributed by atoms with E-state index in [-0.39, 0.29) is 12.2 Å². The average molecular weight is 206 g/mol. The summed E-state index contributed by atoms with van der Waals surface area (Å²) in [5.74, 6) is 0. The molecule has 0 rings (SSSR count). The molecule has 0 aliphatic heterocycles. The molecule has 0 aliphatic carbocycles. The van der Waals surface area contributed by atoms with Gasteiger partial charge in [-0.3, -0.25) is 4.72 Å². The molecule has 0 aliphatic rings. The standard InChI is InChI=1S/C9H22N2OS/c1-7(2)10-5-9(6-11-13)12-8(3)4/h7-11,13H,5-6H2,1-4H3. The van der Waals surface area contributed by atoms with Crippen molar-refractivity contribution in [2.24, 2.45) is 0 Å². The minimum absolute atomic E-state index is 0.194. The Kier molecular flexibility index (Phi) is 7.75. The van der Waals surface area contributed by atoms with E-state index in [4.69, 9.17) is 4.74 Å². The van der Waals surface area contributed by atoms with Crippen LogP contribution in [0.3, 0.4) is 0 Å². The van der Waals surface area contributed by atoms with Gasteiger partial charge < -0.3 is 10.1 Å². The molecule has 0 bridgehead atoms. The molecule has 0 amide bonds. The van der Waals surface area contributed by atoms with Gasteiger partial charge in [0.05, 0.1) is 12.2 Å². The summed E-state index contributed by atoms with van der Waals surface area (Å²) < 4.78 is 8.49. The fourth-order valence-electron chi connectivity index (χ4n) is 1.02. The Balaban J connectivity index is 3.66. The molecule has 80 valence electrons. The molecule has 3 nitrogen and oxygen atoms in total.